The minimum absolute atomic E-state index is 0.291. The fraction of sp³-hybridized carbons (Fsp3) is 0.556. The predicted molar refractivity (Wildman–Crippen MR) is 46.0 cm³/mol. The lowest BCUT2D eigenvalue weighted by Gasteiger charge is -2.30. The number of fused-ring (bicyclic) bond motifs is 1. The van der Waals surface area contributed by atoms with Gasteiger partial charge in [-0.05, 0) is 20.8 Å². The molecule has 0 fully saturated rings. The van der Waals surface area contributed by atoms with Gasteiger partial charge in [0.15, 0.2) is 0 Å². The van der Waals surface area contributed by atoms with Gasteiger partial charge in [-0.15, -0.1) is 0 Å². The Morgan fingerprint density at radius 3 is 2.85 bits per heavy atom. The van der Waals surface area contributed by atoms with E-state index in [1.807, 2.05) is 13.8 Å². The molecule has 2 rings (SSSR count). The van der Waals surface area contributed by atoms with Gasteiger partial charge in [0, 0.05) is 6.42 Å². The molecule has 0 aromatic carbocycles. The third-order valence-corrected chi connectivity index (χ3v) is 2.11. The minimum Gasteiger partial charge on any atom is -0.491 e. The number of oxime groups is 1. The van der Waals surface area contributed by atoms with Crippen LogP contribution >= 0.6 is 0 Å². The SMILES string of the molecule is CC1=C2C(=O)ON=C2CC(C)(C)O1. The van der Waals surface area contributed by atoms with Crippen LogP contribution in [0.15, 0.2) is 16.5 Å². The first-order valence-corrected chi connectivity index (χ1v) is 4.18. The first kappa shape index (κ1) is 8.29. The van der Waals surface area contributed by atoms with Crippen molar-refractivity contribution >= 4 is 11.7 Å². The van der Waals surface area contributed by atoms with Gasteiger partial charge in [-0.1, -0.05) is 5.16 Å². The maximum Gasteiger partial charge on any atom is 0.371 e. The first-order valence-electron chi connectivity index (χ1n) is 4.18. The molecule has 0 saturated heterocycles. The Hall–Kier alpha value is -1.32. The van der Waals surface area contributed by atoms with E-state index < -0.39 is 5.97 Å². The number of hydrogen-bond donors (Lipinski definition) is 0. The van der Waals surface area contributed by atoms with E-state index in [9.17, 15) is 4.79 Å². The fourth-order valence-electron chi connectivity index (χ4n) is 1.68. The van der Waals surface area contributed by atoms with E-state index >= 15 is 0 Å². The molecule has 0 aliphatic carbocycles. The maximum absolute atomic E-state index is 11.2. The summed E-state index contributed by atoms with van der Waals surface area (Å²) in [4.78, 5) is 15.7. The summed E-state index contributed by atoms with van der Waals surface area (Å²) in [5, 5.41) is 3.71. The van der Waals surface area contributed by atoms with Gasteiger partial charge in [0.1, 0.15) is 22.6 Å². The van der Waals surface area contributed by atoms with Crippen molar-refractivity contribution < 1.29 is 14.4 Å². The van der Waals surface area contributed by atoms with Gasteiger partial charge in [0.25, 0.3) is 0 Å². The van der Waals surface area contributed by atoms with Gasteiger partial charge in [0.2, 0.25) is 0 Å². The summed E-state index contributed by atoms with van der Waals surface area (Å²) < 4.78 is 5.56. The number of nitrogens with zero attached hydrogens (tertiary/aromatic N) is 1. The molecule has 0 spiro atoms. The summed E-state index contributed by atoms with van der Waals surface area (Å²) in [6.45, 7) is 5.68. The molecule has 2 aliphatic rings. The van der Waals surface area contributed by atoms with Crippen LogP contribution in [0, 0.1) is 0 Å². The Morgan fingerprint density at radius 2 is 2.15 bits per heavy atom. The smallest absolute Gasteiger partial charge is 0.371 e. The highest BCUT2D eigenvalue weighted by atomic mass is 16.7. The number of rotatable bonds is 0. The molecule has 0 unspecified atom stereocenters. The van der Waals surface area contributed by atoms with Gasteiger partial charge >= 0.3 is 5.97 Å². The van der Waals surface area contributed by atoms with Crippen molar-refractivity contribution in [3.8, 4) is 0 Å². The molecule has 4 heteroatoms. The molecule has 0 radical (unpaired) electrons. The lowest BCUT2D eigenvalue weighted by atomic mass is 9.93. The third kappa shape index (κ3) is 1.22. The van der Waals surface area contributed by atoms with Crippen LogP contribution in [0.5, 0.6) is 0 Å². The summed E-state index contributed by atoms with van der Waals surface area (Å²) in [6.07, 6.45) is 0.616. The van der Waals surface area contributed by atoms with Gasteiger partial charge in [0.05, 0.1) is 0 Å². The zero-order chi connectivity index (χ0) is 9.64. The number of allylic oxidation sites excluding steroid dienone is 1. The quantitative estimate of drug-likeness (QED) is 0.530. The number of hydrogen-bond acceptors (Lipinski definition) is 4. The second kappa shape index (κ2) is 2.34. The summed E-state index contributed by atoms with van der Waals surface area (Å²) in [7, 11) is 0. The van der Waals surface area contributed by atoms with E-state index in [2.05, 4.69) is 9.99 Å². The second-order valence-corrected chi connectivity index (χ2v) is 3.89. The van der Waals surface area contributed by atoms with E-state index in [1.54, 1.807) is 6.92 Å². The van der Waals surface area contributed by atoms with Crippen LogP contribution in [0.25, 0.3) is 0 Å². The van der Waals surface area contributed by atoms with Gasteiger partial charge in [-0.25, -0.2) is 4.79 Å². The van der Waals surface area contributed by atoms with Crippen LogP contribution in [0.1, 0.15) is 27.2 Å². The van der Waals surface area contributed by atoms with Gasteiger partial charge < -0.3 is 9.57 Å². The predicted octanol–water partition coefficient (Wildman–Crippen LogP) is 1.37. The molecular weight excluding hydrogens is 170 g/mol. The molecular formula is C9H11NO3. The zero-order valence-electron chi connectivity index (χ0n) is 7.88. The highest BCUT2D eigenvalue weighted by Gasteiger charge is 2.38. The largest absolute Gasteiger partial charge is 0.491 e. The molecule has 4 nitrogen and oxygen atoms in total. The highest BCUT2D eigenvalue weighted by molar-refractivity contribution is 6.23. The van der Waals surface area contributed by atoms with E-state index in [4.69, 9.17) is 4.74 Å². The molecule has 2 aliphatic heterocycles. The summed E-state index contributed by atoms with van der Waals surface area (Å²) in [6, 6.07) is 0. The van der Waals surface area contributed by atoms with E-state index in [-0.39, 0.29) is 5.60 Å². The number of carbonyl (C=O) groups excluding carboxylic acids is 1. The van der Waals surface area contributed by atoms with E-state index in [0.717, 1.165) is 0 Å². The van der Waals surface area contributed by atoms with Crippen LogP contribution in [0.2, 0.25) is 0 Å². The Bertz CT molecular complexity index is 339. The summed E-state index contributed by atoms with van der Waals surface area (Å²) in [5.74, 6) is 0.209. The summed E-state index contributed by atoms with van der Waals surface area (Å²) in [5.41, 5.74) is 0.915. The van der Waals surface area contributed by atoms with Crippen molar-refractivity contribution in [2.45, 2.75) is 32.8 Å². The van der Waals surface area contributed by atoms with Crippen LogP contribution in [0.4, 0.5) is 0 Å². The molecule has 0 atom stereocenters. The Balaban J connectivity index is 2.45. The molecule has 0 N–H and O–H groups in total. The maximum atomic E-state index is 11.2. The Morgan fingerprint density at radius 1 is 1.46 bits per heavy atom. The molecule has 0 bridgehead atoms. The van der Waals surface area contributed by atoms with E-state index in [1.165, 1.54) is 0 Å². The zero-order valence-corrected chi connectivity index (χ0v) is 7.88. The molecule has 2 heterocycles. The Kier molecular flexibility index (Phi) is 1.49. The van der Waals surface area contributed by atoms with Crippen LogP contribution < -0.4 is 0 Å². The Labute approximate surface area is 76.2 Å². The fourth-order valence-corrected chi connectivity index (χ4v) is 1.68. The molecule has 70 valence electrons. The molecule has 0 amide bonds. The molecule has 0 saturated carbocycles. The van der Waals surface area contributed by atoms with Crippen molar-refractivity contribution in [2.75, 3.05) is 0 Å². The van der Waals surface area contributed by atoms with Crippen LogP contribution in [-0.2, 0) is 14.4 Å². The van der Waals surface area contributed by atoms with Crippen molar-refractivity contribution in [3.05, 3.63) is 11.3 Å². The van der Waals surface area contributed by atoms with E-state index in [0.29, 0.717) is 23.5 Å². The van der Waals surface area contributed by atoms with Gasteiger partial charge in [-0.3, -0.25) is 0 Å². The van der Waals surface area contributed by atoms with Crippen LogP contribution in [-0.4, -0.2) is 17.3 Å². The number of ether oxygens (including phenoxy) is 1. The second-order valence-electron chi connectivity index (χ2n) is 3.89. The van der Waals surface area contributed by atoms with Crippen molar-refractivity contribution in [1.29, 1.82) is 0 Å². The third-order valence-electron chi connectivity index (χ3n) is 2.11. The monoisotopic (exact) mass is 181 g/mol. The highest BCUT2D eigenvalue weighted by Crippen LogP contribution is 2.32. The average molecular weight is 181 g/mol. The lowest BCUT2D eigenvalue weighted by molar-refractivity contribution is -0.137. The molecule has 0 aromatic rings. The first-order chi connectivity index (χ1) is 5.99. The van der Waals surface area contributed by atoms with Gasteiger partial charge in [-0.2, -0.15) is 0 Å². The number of carbonyl (C=O) groups is 1. The normalized spacial score (nSPS) is 24.8. The summed E-state index contributed by atoms with van der Waals surface area (Å²) >= 11 is 0. The van der Waals surface area contributed by atoms with Crippen molar-refractivity contribution in [3.63, 3.8) is 0 Å². The van der Waals surface area contributed by atoms with Crippen molar-refractivity contribution in [1.82, 2.24) is 0 Å². The minimum atomic E-state index is -0.400. The van der Waals surface area contributed by atoms with Crippen LogP contribution in [0.3, 0.4) is 0 Å². The molecule has 13 heavy (non-hydrogen) atoms. The topological polar surface area (TPSA) is 47.9 Å². The molecule has 0 aromatic heterocycles. The lowest BCUT2D eigenvalue weighted by Crippen LogP contribution is -2.33. The average Bonchev–Trinajstić information content (AvgIpc) is 2.28. The standard InChI is InChI=1S/C9H11NO3/c1-5-7-6(10-13-8(7)11)4-9(2,3)12-5/h4H2,1-3H3. The van der Waals surface area contributed by atoms with Crippen molar-refractivity contribution in [2.24, 2.45) is 5.16 Å².